The number of benzene rings is 2. The van der Waals surface area contributed by atoms with Gasteiger partial charge in [0.05, 0.1) is 11.3 Å². The van der Waals surface area contributed by atoms with Crippen molar-refractivity contribution in [1.82, 2.24) is 15.1 Å². The maximum absolute atomic E-state index is 13.8. The highest BCUT2D eigenvalue weighted by Crippen LogP contribution is 2.31. The van der Waals surface area contributed by atoms with Crippen molar-refractivity contribution in [3.63, 3.8) is 0 Å². The van der Waals surface area contributed by atoms with E-state index in [9.17, 15) is 23.6 Å². The molecule has 37 heavy (non-hydrogen) atoms. The summed E-state index contributed by atoms with van der Waals surface area (Å²) in [5.74, 6) is -1.77. The molecule has 2 aromatic rings. The van der Waals surface area contributed by atoms with E-state index >= 15 is 0 Å². The van der Waals surface area contributed by atoms with E-state index in [0.717, 1.165) is 61.6 Å². The molecule has 5 rings (SSSR count). The number of hydrogen-bond donors (Lipinski definition) is 1. The predicted molar refractivity (Wildman–Crippen MR) is 132 cm³/mol. The highest BCUT2D eigenvalue weighted by Gasteiger charge is 2.42. The van der Waals surface area contributed by atoms with Crippen LogP contribution in [0.3, 0.4) is 0 Å². The second kappa shape index (κ2) is 10.7. The van der Waals surface area contributed by atoms with Gasteiger partial charge in [0.2, 0.25) is 0 Å². The number of carbonyl (C=O) groups excluding carboxylic acids is 2. The predicted octanol–water partition coefficient (Wildman–Crippen LogP) is 4.03. The number of cyclic esters (lactones) is 1. The number of ether oxygens (including phenoxy) is 1. The lowest BCUT2D eigenvalue weighted by Gasteiger charge is -2.35. The largest absolute Gasteiger partial charge is 0.446 e. The smallest absolute Gasteiger partial charge is 0.418 e. The van der Waals surface area contributed by atoms with Gasteiger partial charge < -0.3 is 19.9 Å². The average Bonchev–Trinajstić information content (AvgIpc) is 3.56. The third-order valence-electron chi connectivity index (χ3n) is 7.52. The van der Waals surface area contributed by atoms with Gasteiger partial charge >= 0.3 is 12.1 Å². The third-order valence-corrected chi connectivity index (χ3v) is 7.52. The van der Waals surface area contributed by atoms with Crippen LogP contribution < -0.4 is 10.2 Å². The third kappa shape index (κ3) is 5.23. The topological polar surface area (TPSA) is 88.9 Å². The van der Waals surface area contributed by atoms with Gasteiger partial charge in [0.25, 0.3) is 0 Å². The lowest BCUT2D eigenvalue weighted by atomic mass is 10.0. The molecule has 0 spiro atoms. The molecule has 3 heterocycles. The van der Waals surface area contributed by atoms with Gasteiger partial charge in [0.15, 0.2) is 11.6 Å². The number of likely N-dealkylation sites (tertiary alicyclic amines) is 1. The van der Waals surface area contributed by atoms with E-state index in [0.29, 0.717) is 30.3 Å². The summed E-state index contributed by atoms with van der Waals surface area (Å²) in [6, 6.07) is 12.4. The molecule has 3 aliphatic heterocycles. The summed E-state index contributed by atoms with van der Waals surface area (Å²) < 4.78 is 32.2. The van der Waals surface area contributed by atoms with E-state index in [1.165, 1.54) is 6.07 Å². The molecule has 0 aliphatic carbocycles. The summed E-state index contributed by atoms with van der Waals surface area (Å²) in [4.78, 5) is 30.4. The molecule has 3 saturated heterocycles. The van der Waals surface area contributed by atoms with E-state index in [-0.39, 0.29) is 12.5 Å². The number of amides is 3. The molecule has 0 saturated carbocycles. The van der Waals surface area contributed by atoms with Crippen molar-refractivity contribution in [2.45, 2.75) is 31.3 Å². The first-order chi connectivity index (χ1) is 17.9. The van der Waals surface area contributed by atoms with Crippen molar-refractivity contribution in [3.8, 4) is 6.07 Å². The normalized spacial score (nSPS) is 22.3. The molecule has 194 valence electrons. The molecule has 0 bridgehead atoms. The highest BCUT2D eigenvalue weighted by molar-refractivity contribution is 5.93. The minimum Gasteiger partial charge on any atom is -0.446 e. The van der Waals surface area contributed by atoms with Crippen LogP contribution in [0.1, 0.15) is 36.4 Å². The molecule has 0 aromatic heterocycles. The molecule has 10 heteroatoms. The maximum atomic E-state index is 13.8. The molecule has 1 N–H and O–H groups in total. The lowest BCUT2D eigenvalue weighted by molar-refractivity contribution is 0.144. The van der Waals surface area contributed by atoms with E-state index < -0.39 is 29.8 Å². The Morgan fingerprint density at radius 1 is 1.08 bits per heavy atom. The molecular weight excluding hydrogens is 480 g/mol. The second-order valence-corrected chi connectivity index (χ2v) is 9.82. The van der Waals surface area contributed by atoms with E-state index in [1.807, 2.05) is 24.3 Å². The molecule has 0 radical (unpaired) electrons. The van der Waals surface area contributed by atoms with Crippen LogP contribution in [0.2, 0.25) is 0 Å². The van der Waals surface area contributed by atoms with E-state index in [4.69, 9.17) is 4.74 Å². The Kier molecular flexibility index (Phi) is 7.24. The van der Waals surface area contributed by atoms with Crippen LogP contribution in [0.4, 0.5) is 24.1 Å². The number of nitriles is 1. The number of imide groups is 1. The van der Waals surface area contributed by atoms with Crippen molar-refractivity contribution in [1.29, 1.82) is 5.26 Å². The monoisotopic (exact) mass is 509 g/mol. The van der Waals surface area contributed by atoms with Crippen molar-refractivity contribution in [3.05, 3.63) is 65.2 Å². The minimum absolute atomic E-state index is 0.0913. The Bertz CT molecular complexity index is 1210. The van der Waals surface area contributed by atoms with Gasteiger partial charge in [-0.05, 0) is 61.6 Å². The number of halogens is 2. The summed E-state index contributed by atoms with van der Waals surface area (Å²) >= 11 is 0. The Labute approximate surface area is 214 Å². The summed E-state index contributed by atoms with van der Waals surface area (Å²) in [5, 5.41) is 13.0. The quantitative estimate of drug-likeness (QED) is 0.655. The molecule has 3 aliphatic rings. The molecule has 2 atom stereocenters. The number of nitrogens with one attached hydrogen (secondary N) is 1. The number of rotatable bonds is 5. The van der Waals surface area contributed by atoms with Gasteiger partial charge in [-0.2, -0.15) is 5.26 Å². The van der Waals surface area contributed by atoms with Crippen LogP contribution in [0.25, 0.3) is 0 Å². The summed E-state index contributed by atoms with van der Waals surface area (Å²) in [6.07, 6.45) is 1.97. The zero-order valence-corrected chi connectivity index (χ0v) is 20.4. The molecule has 3 amide bonds. The van der Waals surface area contributed by atoms with Crippen molar-refractivity contribution in [2.75, 3.05) is 44.2 Å². The highest BCUT2D eigenvalue weighted by atomic mass is 19.2. The van der Waals surface area contributed by atoms with E-state index in [2.05, 4.69) is 16.3 Å². The fourth-order valence-electron chi connectivity index (χ4n) is 5.43. The first-order valence-corrected chi connectivity index (χ1v) is 12.6. The number of anilines is 1. The fraction of sp³-hybridized carbons (Fsp3) is 0.444. The van der Waals surface area contributed by atoms with Gasteiger partial charge in [-0.15, -0.1) is 0 Å². The van der Waals surface area contributed by atoms with Crippen LogP contribution in [-0.2, 0) is 4.74 Å². The zero-order chi connectivity index (χ0) is 25.9. The van der Waals surface area contributed by atoms with Crippen LogP contribution in [0.5, 0.6) is 0 Å². The maximum Gasteiger partial charge on any atom is 0.418 e. The number of piperidine rings is 1. The molecule has 2 aromatic carbocycles. The average molecular weight is 510 g/mol. The van der Waals surface area contributed by atoms with Crippen LogP contribution >= 0.6 is 0 Å². The fourth-order valence-corrected chi connectivity index (χ4v) is 5.43. The van der Waals surface area contributed by atoms with Gasteiger partial charge in [0.1, 0.15) is 18.7 Å². The number of hydrogen-bond acceptors (Lipinski definition) is 6. The summed E-state index contributed by atoms with van der Waals surface area (Å²) in [5.41, 5.74) is 1.99. The molecule has 3 fully saturated rings. The van der Waals surface area contributed by atoms with Crippen molar-refractivity contribution in [2.24, 2.45) is 5.92 Å². The standard InChI is InChI=1S/C27H29F2N5O3/c28-22-6-5-19(13-23(22)29)25-17-37-27(36)34(25)26(35)33-10-7-18(16-33)15-31-21-8-11-32(12-9-21)24-4-2-1-3-20(24)14-30/h1-6,13,18,21,25,31H,7-12,15-17H2/t18?,25-/m1/s1. The summed E-state index contributed by atoms with van der Waals surface area (Å²) in [7, 11) is 0. The first-order valence-electron chi connectivity index (χ1n) is 12.6. The van der Waals surface area contributed by atoms with Crippen LogP contribution in [0.15, 0.2) is 42.5 Å². The minimum atomic E-state index is -1.03. The molecular formula is C27H29F2N5O3. The van der Waals surface area contributed by atoms with Crippen LogP contribution in [0, 0.1) is 28.9 Å². The lowest BCUT2D eigenvalue weighted by Crippen LogP contribution is -2.45. The Balaban J connectivity index is 1.12. The summed E-state index contributed by atoms with van der Waals surface area (Å²) in [6.45, 7) is 3.44. The number of nitrogens with zero attached hydrogens (tertiary/aromatic N) is 4. The van der Waals surface area contributed by atoms with E-state index in [1.54, 1.807) is 4.90 Å². The van der Waals surface area contributed by atoms with Gasteiger partial charge in [-0.25, -0.2) is 23.3 Å². The zero-order valence-electron chi connectivity index (χ0n) is 20.4. The number of carbonyl (C=O) groups is 2. The molecule has 1 unspecified atom stereocenters. The second-order valence-electron chi connectivity index (χ2n) is 9.82. The van der Waals surface area contributed by atoms with Crippen molar-refractivity contribution < 1.29 is 23.1 Å². The number of para-hydroxylation sites is 1. The van der Waals surface area contributed by atoms with Gasteiger partial charge in [0, 0.05) is 32.2 Å². The Morgan fingerprint density at radius 2 is 1.86 bits per heavy atom. The number of urea groups is 1. The Morgan fingerprint density at radius 3 is 2.62 bits per heavy atom. The first kappa shape index (κ1) is 25.0. The Hall–Kier alpha value is -3.71. The van der Waals surface area contributed by atoms with Crippen molar-refractivity contribution >= 4 is 17.8 Å². The van der Waals surface area contributed by atoms with Crippen LogP contribution in [-0.4, -0.2) is 67.3 Å². The van der Waals surface area contributed by atoms with Gasteiger partial charge in [-0.1, -0.05) is 18.2 Å². The SMILES string of the molecule is N#Cc1ccccc1N1CCC(NCC2CCN(C(=O)N3C(=O)OC[C@@H]3c3ccc(F)c(F)c3)C2)CC1. The van der Waals surface area contributed by atoms with Gasteiger partial charge in [-0.3, -0.25) is 0 Å². The molecule has 8 nitrogen and oxygen atoms in total.